The van der Waals surface area contributed by atoms with Gasteiger partial charge in [0.1, 0.15) is 5.82 Å². The normalized spacial score (nSPS) is 14.5. The van der Waals surface area contributed by atoms with Crippen LogP contribution in [0.5, 0.6) is 0 Å². The van der Waals surface area contributed by atoms with E-state index in [1.807, 2.05) is 35.2 Å². The zero-order chi connectivity index (χ0) is 19.2. The summed E-state index contributed by atoms with van der Waals surface area (Å²) in [6.07, 6.45) is 2.77. The first kappa shape index (κ1) is 19.5. The smallest absolute Gasteiger partial charge is 0.255 e. The number of nitrogens with one attached hydrogen (secondary N) is 1. The van der Waals surface area contributed by atoms with Crippen LogP contribution < -0.4 is 10.2 Å². The molecular weight excluding hydrogens is 360 g/mol. The van der Waals surface area contributed by atoms with Crippen molar-refractivity contribution in [1.82, 2.24) is 9.88 Å². The van der Waals surface area contributed by atoms with Crippen LogP contribution in [0.4, 0.5) is 11.5 Å². The van der Waals surface area contributed by atoms with Crippen LogP contribution in [-0.2, 0) is 0 Å². The quantitative estimate of drug-likeness (QED) is 0.809. The topological polar surface area (TPSA) is 48.5 Å². The van der Waals surface area contributed by atoms with Crippen molar-refractivity contribution in [3.05, 3.63) is 53.2 Å². The van der Waals surface area contributed by atoms with Gasteiger partial charge in [-0.05, 0) is 42.7 Å². The Bertz CT molecular complexity index is 755. The maximum atomic E-state index is 12.7. The van der Waals surface area contributed by atoms with Gasteiger partial charge in [-0.25, -0.2) is 4.98 Å². The van der Waals surface area contributed by atoms with Crippen LogP contribution in [0, 0.1) is 5.92 Å². The molecule has 0 radical (unpaired) electrons. The molecule has 144 valence electrons. The average molecular weight is 387 g/mol. The number of anilines is 2. The molecule has 1 amide bonds. The number of hydrogen-bond acceptors (Lipinski definition) is 4. The van der Waals surface area contributed by atoms with E-state index >= 15 is 0 Å². The first-order valence-corrected chi connectivity index (χ1v) is 9.90. The Morgan fingerprint density at radius 2 is 1.96 bits per heavy atom. The minimum atomic E-state index is 0.0435. The van der Waals surface area contributed by atoms with E-state index in [0.29, 0.717) is 24.6 Å². The zero-order valence-electron chi connectivity index (χ0n) is 16.0. The van der Waals surface area contributed by atoms with E-state index < -0.39 is 0 Å². The van der Waals surface area contributed by atoms with E-state index in [2.05, 4.69) is 35.1 Å². The van der Waals surface area contributed by atoms with Gasteiger partial charge in [0.15, 0.2) is 0 Å². The highest BCUT2D eigenvalue weighted by molar-refractivity contribution is 6.30. The highest BCUT2D eigenvalue weighted by Gasteiger charge is 2.22. The number of rotatable bonds is 6. The summed E-state index contributed by atoms with van der Waals surface area (Å²) in [7, 11) is 0. The predicted octanol–water partition coefficient (Wildman–Crippen LogP) is 4.16. The van der Waals surface area contributed by atoms with E-state index in [4.69, 9.17) is 11.6 Å². The Hall–Kier alpha value is -2.27. The van der Waals surface area contributed by atoms with Crippen LogP contribution in [0.2, 0.25) is 5.02 Å². The van der Waals surface area contributed by atoms with E-state index in [0.717, 1.165) is 42.6 Å². The molecule has 0 aliphatic carbocycles. The Morgan fingerprint density at radius 3 is 2.59 bits per heavy atom. The number of hydrogen-bond donors (Lipinski definition) is 1. The Balaban J connectivity index is 1.53. The van der Waals surface area contributed by atoms with Crippen LogP contribution in [0.1, 0.15) is 30.6 Å². The zero-order valence-corrected chi connectivity index (χ0v) is 16.7. The molecule has 1 N–H and O–H groups in total. The van der Waals surface area contributed by atoms with Gasteiger partial charge in [0.05, 0.1) is 5.56 Å². The summed E-state index contributed by atoms with van der Waals surface area (Å²) < 4.78 is 0. The molecule has 3 rings (SSSR count). The van der Waals surface area contributed by atoms with Gasteiger partial charge in [0, 0.05) is 49.6 Å². The highest BCUT2D eigenvalue weighted by Crippen LogP contribution is 2.21. The molecule has 1 aliphatic rings. The van der Waals surface area contributed by atoms with Crippen molar-refractivity contribution in [1.29, 1.82) is 0 Å². The summed E-state index contributed by atoms with van der Waals surface area (Å²) >= 11 is 6.08. The first-order valence-electron chi connectivity index (χ1n) is 9.52. The second kappa shape index (κ2) is 9.09. The van der Waals surface area contributed by atoms with Crippen molar-refractivity contribution in [2.24, 2.45) is 5.92 Å². The number of carbonyl (C=O) groups is 1. The van der Waals surface area contributed by atoms with Crippen LogP contribution >= 0.6 is 11.6 Å². The largest absolute Gasteiger partial charge is 0.370 e. The number of carbonyl (C=O) groups excluding carboxylic acids is 1. The Labute approximate surface area is 166 Å². The number of amides is 1. The number of pyridine rings is 1. The second-order valence-corrected chi connectivity index (χ2v) is 7.74. The number of halogens is 1. The lowest BCUT2D eigenvalue weighted by molar-refractivity contribution is 0.0746. The average Bonchev–Trinajstić information content (AvgIpc) is 2.68. The number of nitrogens with zero attached hydrogens (tertiary/aromatic N) is 3. The molecule has 0 bridgehead atoms. The fourth-order valence-electron chi connectivity index (χ4n) is 3.14. The SMILES string of the molecule is CC(C)CCNc1ccc(C(=O)N2CCN(c3cccc(Cl)c3)CC2)cn1. The van der Waals surface area contributed by atoms with Crippen LogP contribution in [0.3, 0.4) is 0 Å². The Kier molecular flexibility index (Phi) is 6.56. The molecule has 6 heteroatoms. The van der Waals surface area contributed by atoms with Gasteiger partial charge in [-0.2, -0.15) is 0 Å². The summed E-state index contributed by atoms with van der Waals surface area (Å²) in [6.45, 7) is 8.28. The molecule has 1 aliphatic heterocycles. The van der Waals surface area contributed by atoms with Crippen LogP contribution in [0.25, 0.3) is 0 Å². The molecule has 5 nitrogen and oxygen atoms in total. The maximum absolute atomic E-state index is 12.7. The summed E-state index contributed by atoms with van der Waals surface area (Å²) in [5.74, 6) is 1.52. The molecular formula is C21H27ClN4O. The minimum Gasteiger partial charge on any atom is -0.370 e. The molecule has 2 heterocycles. The predicted molar refractivity (Wildman–Crippen MR) is 112 cm³/mol. The molecule has 1 aromatic heterocycles. The molecule has 1 saturated heterocycles. The lowest BCUT2D eigenvalue weighted by atomic mass is 10.1. The summed E-state index contributed by atoms with van der Waals surface area (Å²) in [5.41, 5.74) is 1.74. The molecule has 0 saturated carbocycles. The summed E-state index contributed by atoms with van der Waals surface area (Å²) in [6, 6.07) is 11.6. The standard InChI is InChI=1S/C21H27ClN4O/c1-16(2)8-9-23-20-7-6-17(15-24-20)21(27)26-12-10-25(11-13-26)19-5-3-4-18(22)14-19/h3-7,14-16H,8-13H2,1-2H3,(H,23,24). The molecule has 2 aromatic rings. The molecule has 0 atom stereocenters. The molecule has 0 unspecified atom stereocenters. The number of aromatic nitrogens is 1. The van der Waals surface area contributed by atoms with Gasteiger partial charge >= 0.3 is 0 Å². The fourth-order valence-corrected chi connectivity index (χ4v) is 3.32. The van der Waals surface area contributed by atoms with Crippen molar-refractivity contribution >= 4 is 29.0 Å². The van der Waals surface area contributed by atoms with Gasteiger partial charge in [-0.1, -0.05) is 31.5 Å². The van der Waals surface area contributed by atoms with E-state index in [-0.39, 0.29) is 5.91 Å². The molecule has 27 heavy (non-hydrogen) atoms. The van der Waals surface area contributed by atoms with Gasteiger partial charge in [-0.3, -0.25) is 4.79 Å². The lowest BCUT2D eigenvalue weighted by Gasteiger charge is -2.36. The van der Waals surface area contributed by atoms with Crippen molar-refractivity contribution in [2.75, 3.05) is 42.9 Å². The maximum Gasteiger partial charge on any atom is 0.255 e. The summed E-state index contributed by atoms with van der Waals surface area (Å²) in [5, 5.41) is 4.03. The van der Waals surface area contributed by atoms with Crippen molar-refractivity contribution in [3.8, 4) is 0 Å². The minimum absolute atomic E-state index is 0.0435. The third kappa shape index (κ3) is 5.36. The monoisotopic (exact) mass is 386 g/mol. The fraction of sp³-hybridized carbons (Fsp3) is 0.429. The van der Waals surface area contributed by atoms with E-state index in [1.54, 1.807) is 6.20 Å². The second-order valence-electron chi connectivity index (χ2n) is 7.30. The van der Waals surface area contributed by atoms with E-state index in [1.165, 1.54) is 0 Å². The number of benzene rings is 1. The van der Waals surface area contributed by atoms with Crippen LogP contribution in [0.15, 0.2) is 42.6 Å². The molecule has 0 spiro atoms. The summed E-state index contributed by atoms with van der Waals surface area (Å²) in [4.78, 5) is 21.3. The Morgan fingerprint density at radius 1 is 1.19 bits per heavy atom. The van der Waals surface area contributed by atoms with Crippen molar-refractivity contribution in [3.63, 3.8) is 0 Å². The van der Waals surface area contributed by atoms with Gasteiger partial charge in [-0.15, -0.1) is 0 Å². The van der Waals surface area contributed by atoms with E-state index in [9.17, 15) is 4.79 Å². The number of piperazine rings is 1. The first-order chi connectivity index (χ1) is 13.0. The third-order valence-electron chi connectivity index (χ3n) is 4.78. The van der Waals surface area contributed by atoms with Gasteiger partial charge in [0.25, 0.3) is 5.91 Å². The van der Waals surface area contributed by atoms with Crippen LogP contribution in [-0.4, -0.2) is 48.5 Å². The molecule has 1 aromatic carbocycles. The molecule has 1 fully saturated rings. The van der Waals surface area contributed by atoms with Crippen molar-refractivity contribution in [2.45, 2.75) is 20.3 Å². The van der Waals surface area contributed by atoms with Gasteiger partial charge < -0.3 is 15.1 Å². The van der Waals surface area contributed by atoms with Gasteiger partial charge in [0.2, 0.25) is 0 Å². The third-order valence-corrected chi connectivity index (χ3v) is 5.01. The van der Waals surface area contributed by atoms with Crippen molar-refractivity contribution < 1.29 is 4.79 Å². The highest BCUT2D eigenvalue weighted by atomic mass is 35.5. The lowest BCUT2D eigenvalue weighted by Crippen LogP contribution is -2.48.